The second-order valence-corrected chi connectivity index (χ2v) is 3.90. The highest BCUT2D eigenvalue weighted by atomic mass is 16.5. The minimum Gasteiger partial charge on any atom is -0.481 e. The number of morpholine rings is 1. The van der Waals surface area contributed by atoms with Gasteiger partial charge in [0.05, 0.1) is 25.9 Å². The van der Waals surface area contributed by atoms with Crippen LogP contribution in [0.15, 0.2) is 12.3 Å². The third kappa shape index (κ3) is 1.43. The van der Waals surface area contributed by atoms with E-state index in [0.717, 1.165) is 25.5 Å². The van der Waals surface area contributed by atoms with E-state index in [2.05, 4.69) is 14.9 Å². The van der Waals surface area contributed by atoms with Gasteiger partial charge in [0.25, 0.3) is 0 Å². The van der Waals surface area contributed by atoms with Gasteiger partial charge in [-0.05, 0) is 6.42 Å². The summed E-state index contributed by atoms with van der Waals surface area (Å²) in [6.07, 6.45) is 3.19. The van der Waals surface area contributed by atoms with Crippen molar-refractivity contribution in [3.8, 4) is 5.88 Å². The average Bonchev–Trinajstić information content (AvgIpc) is 2.91. The molecule has 0 amide bonds. The molecule has 1 aromatic heterocycles. The van der Waals surface area contributed by atoms with Crippen LogP contribution in [-0.2, 0) is 4.74 Å². The summed E-state index contributed by atoms with van der Waals surface area (Å²) in [5.74, 6) is 1.37. The zero-order valence-electron chi connectivity index (χ0n) is 8.59. The molecule has 2 saturated heterocycles. The first-order valence-corrected chi connectivity index (χ1v) is 5.12. The molecule has 2 atom stereocenters. The van der Waals surface area contributed by atoms with E-state index in [4.69, 9.17) is 9.47 Å². The van der Waals surface area contributed by atoms with Gasteiger partial charge in [0.1, 0.15) is 0 Å². The minimum absolute atomic E-state index is 0.366. The zero-order valence-corrected chi connectivity index (χ0v) is 8.59. The van der Waals surface area contributed by atoms with Crippen molar-refractivity contribution in [3.05, 3.63) is 12.3 Å². The predicted octanol–water partition coefficient (Wildman–Crippen LogP) is 0.463. The van der Waals surface area contributed by atoms with Gasteiger partial charge >= 0.3 is 0 Å². The number of rotatable bonds is 2. The van der Waals surface area contributed by atoms with Gasteiger partial charge in [-0.3, -0.25) is 0 Å². The van der Waals surface area contributed by atoms with Crippen LogP contribution in [0.2, 0.25) is 0 Å². The Balaban J connectivity index is 1.86. The monoisotopic (exact) mass is 207 g/mol. The first kappa shape index (κ1) is 8.91. The number of ether oxygens (including phenoxy) is 2. The van der Waals surface area contributed by atoms with E-state index in [9.17, 15) is 0 Å². The van der Waals surface area contributed by atoms with Gasteiger partial charge in [0, 0.05) is 18.8 Å². The molecule has 2 aliphatic rings. The Hall–Kier alpha value is -1.36. The number of hydrogen-bond acceptors (Lipinski definition) is 5. The smallest absolute Gasteiger partial charge is 0.229 e. The number of fused-ring (bicyclic) bond motifs is 2. The number of aromatic nitrogens is 2. The highest BCUT2D eigenvalue weighted by molar-refractivity contribution is 5.37. The van der Waals surface area contributed by atoms with Gasteiger partial charge in [0.2, 0.25) is 11.8 Å². The third-order valence-electron chi connectivity index (χ3n) is 2.98. The Bertz CT molecular complexity index is 371. The lowest BCUT2D eigenvalue weighted by molar-refractivity contribution is 0.0986. The fraction of sp³-hybridized carbons (Fsp3) is 0.600. The maximum atomic E-state index is 5.53. The van der Waals surface area contributed by atoms with E-state index in [0.29, 0.717) is 18.0 Å². The lowest BCUT2D eigenvalue weighted by Crippen LogP contribution is -2.38. The van der Waals surface area contributed by atoms with Crippen molar-refractivity contribution >= 4 is 5.95 Å². The van der Waals surface area contributed by atoms with E-state index in [-0.39, 0.29) is 0 Å². The summed E-state index contributed by atoms with van der Waals surface area (Å²) in [5.41, 5.74) is 0. The van der Waals surface area contributed by atoms with E-state index in [1.807, 2.05) is 0 Å². The normalized spacial score (nSPS) is 28.5. The largest absolute Gasteiger partial charge is 0.481 e. The van der Waals surface area contributed by atoms with Crippen molar-refractivity contribution in [3.63, 3.8) is 0 Å². The van der Waals surface area contributed by atoms with Crippen molar-refractivity contribution in [1.29, 1.82) is 0 Å². The fourth-order valence-electron chi connectivity index (χ4n) is 2.23. The van der Waals surface area contributed by atoms with Crippen LogP contribution in [0.5, 0.6) is 5.88 Å². The first-order chi connectivity index (χ1) is 7.36. The number of anilines is 1. The van der Waals surface area contributed by atoms with Crippen LogP contribution < -0.4 is 9.64 Å². The first-order valence-electron chi connectivity index (χ1n) is 5.12. The van der Waals surface area contributed by atoms with Crippen LogP contribution in [0.25, 0.3) is 0 Å². The van der Waals surface area contributed by atoms with E-state index >= 15 is 0 Å². The van der Waals surface area contributed by atoms with Crippen molar-refractivity contribution in [1.82, 2.24) is 9.97 Å². The molecule has 2 aliphatic heterocycles. The van der Waals surface area contributed by atoms with Crippen LogP contribution in [0.3, 0.4) is 0 Å². The number of nitrogens with zero attached hydrogens (tertiary/aromatic N) is 3. The summed E-state index contributed by atoms with van der Waals surface area (Å²) in [6.45, 7) is 1.70. The van der Waals surface area contributed by atoms with Gasteiger partial charge in [-0.15, -0.1) is 0 Å². The number of methoxy groups -OCH3 is 1. The predicted molar refractivity (Wildman–Crippen MR) is 54.1 cm³/mol. The molecule has 1 aromatic rings. The van der Waals surface area contributed by atoms with Crippen molar-refractivity contribution in [2.24, 2.45) is 0 Å². The Labute approximate surface area is 88.0 Å². The molecular formula is C10H13N3O2. The van der Waals surface area contributed by atoms with Gasteiger partial charge < -0.3 is 14.4 Å². The summed E-state index contributed by atoms with van der Waals surface area (Å²) in [4.78, 5) is 10.8. The maximum Gasteiger partial charge on any atom is 0.229 e. The summed E-state index contributed by atoms with van der Waals surface area (Å²) < 4.78 is 10.6. The SMILES string of the molecule is COc1ccnc(N2CC3CC2CO3)n1. The van der Waals surface area contributed by atoms with Crippen LogP contribution >= 0.6 is 0 Å². The zero-order chi connectivity index (χ0) is 10.3. The molecular weight excluding hydrogens is 194 g/mol. The van der Waals surface area contributed by atoms with Crippen molar-refractivity contribution in [2.75, 3.05) is 25.2 Å². The highest BCUT2D eigenvalue weighted by Gasteiger charge is 2.40. The van der Waals surface area contributed by atoms with Crippen molar-refractivity contribution < 1.29 is 9.47 Å². The lowest BCUT2D eigenvalue weighted by Gasteiger charge is -2.26. The Morgan fingerprint density at radius 1 is 1.60 bits per heavy atom. The average molecular weight is 207 g/mol. The Kier molecular flexibility index (Phi) is 1.98. The molecule has 2 fully saturated rings. The molecule has 0 spiro atoms. The van der Waals surface area contributed by atoms with Crippen LogP contribution in [0, 0.1) is 0 Å². The second kappa shape index (κ2) is 3.34. The Morgan fingerprint density at radius 2 is 2.53 bits per heavy atom. The molecule has 5 heteroatoms. The molecule has 5 nitrogen and oxygen atoms in total. The summed E-state index contributed by atoms with van der Waals surface area (Å²) in [6, 6.07) is 2.20. The molecule has 0 aromatic carbocycles. The summed E-state index contributed by atoms with van der Waals surface area (Å²) in [7, 11) is 1.62. The molecule has 0 aliphatic carbocycles. The Morgan fingerprint density at radius 3 is 3.20 bits per heavy atom. The van der Waals surface area contributed by atoms with Gasteiger partial charge in [-0.25, -0.2) is 4.98 Å². The van der Waals surface area contributed by atoms with Crippen molar-refractivity contribution in [2.45, 2.75) is 18.6 Å². The fourth-order valence-corrected chi connectivity index (χ4v) is 2.23. The second-order valence-electron chi connectivity index (χ2n) is 3.90. The molecule has 0 radical (unpaired) electrons. The quantitative estimate of drug-likeness (QED) is 0.705. The van der Waals surface area contributed by atoms with E-state index in [1.54, 1.807) is 19.4 Å². The molecule has 0 saturated carbocycles. The van der Waals surface area contributed by atoms with Crippen LogP contribution in [0.4, 0.5) is 5.95 Å². The molecule has 2 unspecified atom stereocenters. The summed E-state index contributed by atoms with van der Waals surface area (Å²) >= 11 is 0. The highest BCUT2D eigenvalue weighted by Crippen LogP contribution is 2.30. The molecule has 3 heterocycles. The summed E-state index contributed by atoms with van der Waals surface area (Å²) in [5, 5.41) is 0. The van der Waals surface area contributed by atoms with Gasteiger partial charge in [-0.1, -0.05) is 0 Å². The van der Waals surface area contributed by atoms with Gasteiger partial charge in [0.15, 0.2) is 0 Å². The van der Waals surface area contributed by atoms with Crippen LogP contribution in [0.1, 0.15) is 6.42 Å². The molecule has 0 N–H and O–H groups in total. The molecule has 15 heavy (non-hydrogen) atoms. The van der Waals surface area contributed by atoms with Gasteiger partial charge in [-0.2, -0.15) is 4.98 Å². The topological polar surface area (TPSA) is 47.5 Å². The lowest BCUT2D eigenvalue weighted by atomic mass is 10.2. The molecule has 2 bridgehead atoms. The maximum absolute atomic E-state index is 5.53. The molecule has 80 valence electrons. The van der Waals surface area contributed by atoms with E-state index < -0.39 is 0 Å². The van der Waals surface area contributed by atoms with E-state index in [1.165, 1.54) is 0 Å². The van der Waals surface area contributed by atoms with Crippen LogP contribution in [-0.4, -0.2) is 42.4 Å². The third-order valence-corrected chi connectivity index (χ3v) is 2.98. The minimum atomic E-state index is 0.366. The molecule has 3 rings (SSSR count). The number of hydrogen-bond donors (Lipinski definition) is 0. The standard InChI is InChI=1S/C10H13N3O2/c1-14-9-2-3-11-10(12-9)13-5-8-4-7(13)6-15-8/h2-3,7-8H,4-6H2,1H3.